The quantitative estimate of drug-likeness (QED) is 0.807. The molecule has 1 aromatic carbocycles. The van der Waals surface area contributed by atoms with Gasteiger partial charge in [0.05, 0.1) is 33.0 Å². The average molecular weight is 363 g/mol. The van der Waals surface area contributed by atoms with E-state index in [4.69, 9.17) is 14.2 Å². The number of ether oxygens (including phenoxy) is 3. The summed E-state index contributed by atoms with van der Waals surface area (Å²) in [6, 6.07) is 4.66. The number of methoxy groups -OCH3 is 2. The van der Waals surface area contributed by atoms with Gasteiger partial charge in [-0.15, -0.1) is 0 Å². The largest absolute Gasteiger partial charge is 0.493 e. The van der Waals surface area contributed by atoms with E-state index in [9.17, 15) is 5.11 Å². The Labute approximate surface area is 157 Å². The molecule has 0 amide bonds. The molecule has 2 aliphatic rings. The van der Waals surface area contributed by atoms with Gasteiger partial charge in [-0.3, -0.25) is 4.90 Å². The summed E-state index contributed by atoms with van der Waals surface area (Å²) >= 11 is 0. The summed E-state index contributed by atoms with van der Waals surface area (Å²) < 4.78 is 17.2. The highest BCUT2D eigenvalue weighted by molar-refractivity contribution is 5.48. The molecule has 5 nitrogen and oxygen atoms in total. The molecule has 5 heteroatoms. The van der Waals surface area contributed by atoms with E-state index >= 15 is 0 Å². The Morgan fingerprint density at radius 2 is 1.92 bits per heavy atom. The van der Waals surface area contributed by atoms with Crippen molar-refractivity contribution >= 4 is 0 Å². The van der Waals surface area contributed by atoms with E-state index < -0.39 is 0 Å². The van der Waals surface area contributed by atoms with Crippen molar-refractivity contribution in [3.63, 3.8) is 0 Å². The molecule has 146 valence electrons. The predicted octanol–water partition coefficient (Wildman–Crippen LogP) is 2.95. The van der Waals surface area contributed by atoms with Gasteiger partial charge in [0, 0.05) is 19.1 Å². The Kier molecular flexibility index (Phi) is 6.79. The number of benzene rings is 1. The van der Waals surface area contributed by atoms with Crippen molar-refractivity contribution in [2.45, 2.75) is 63.7 Å². The molecule has 1 aromatic rings. The molecule has 26 heavy (non-hydrogen) atoms. The number of β-amino-alcohol motifs (C(OH)–C–C–N with tert-alkyl or cyclic N) is 1. The fourth-order valence-electron chi connectivity index (χ4n) is 4.46. The summed E-state index contributed by atoms with van der Waals surface area (Å²) in [4.78, 5) is 2.44. The fraction of sp³-hybridized carbons (Fsp3) is 0.714. The molecular weight excluding hydrogens is 330 g/mol. The third kappa shape index (κ3) is 4.51. The number of aryl methyl sites for hydroxylation is 1. The molecule has 1 aliphatic heterocycles. The molecule has 1 heterocycles. The van der Waals surface area contributed by atoms with E-state index in [1.54, 1.807) is 14.2 Å². The summed E-state index contributed by atoms with van der Waals surface area (Å²) in [6.07, 6.45) is 6.72. The Bertz CT molecular complexity index is 592. The van der Waals surface area contributed by atoms with Crippen LogP contribution in [0.4, 0.5) is 0 Å². The van der Waals surface area contributed by atoms with Crippen LogP contribution in [0.25, 0.3) is 0 Å². The third-order valence-electron chi connectivity index (χ3n) is 5.78. The van der Waals surface area contributed by atoms with E-state index in [1.807, 2.05) is 13.0 Å². The summed E-state index contributed by atoms with van der Waals surface area (Å²) in [7, 11) is 3.35. The molecule has 0 bridgehead atoms. The third-order valence-corrected chi connectivity index (χ3v) is 5.78. The van der Waals surface area contributed by atoms with Crippen molar-refractivity contribution in [2.75, 3.05) is 33.9 Å². The minimum absolute atomic E-state index is 0.160. The molecule has 0 radical (unpaired) electrons. The fourth-order valence-corrected chi connectivity index (χ4v) is 4.46. The van der Waals surface area contributed by atoms with Crippen LogP contribution in [-0.4, -0.2) is 62.2 Å². The number of aliphatic hydroxyl groups is 1. The van der Waals surface area contributed by atoms with Crippen molar-refractivity contribution in [2.24, 2.45) is 0 Å². The van der Waals surface area contributed by atoms with Crippen LogP contribution < -0.4 is 9.47 Å². The van der Waals surface area contributed by atoms with Gasteiger partial charge in [-0.1, -0.05) is 18.9 Å². The molecule has 1 saturated carbocycles. The van der Waals surface area contributed by atoms with Crippen LogP contribution in [0, 0.1) is 6.92 Å². The lowest BCUT2D eigenvalue weighted by molar-refractivity contribution is -0.0316. The van der Waals surface area contributed by atoms with Crippen LogP contribution in [0.1, 0.15) is 43.2 Å². The highest BCUT2D eigenvalue weighted by Gasteiger charge is 2.34. The van der Waals surface area contributed by atoms with Crippen LogP contribution in [0.2, 0.25) is 0 Å². The maximum Gasteiger partial charge on any atom is 0.163 e. The summed E-state index contributed by atoms with van der Waals surface area (Å²) in [5.74, 6) is 1.58. The minimum atomic E-state index is -0.160. The number of aliphatic hydroxyl groups excluding tert-OH is 1. The van der Waals surface area contributed by atoms with Gasteiger partial charge in [0.2, 0.25) is 0 Å². The van der Waals surface area contributed by atoms with Gasteiger partial charge in [0.1, 0.15) is 0 Å². The van der Waals surface area contributed by atoms with Crippen molar-refractivity contribution in [3.8, 4) is 11.5 Å². The highest BCUT2D eigenvalue weighted by Crippen LogP contribution is 2.32. The zero-order chi connectivity index (χ0) is 18.5. The molecule has 1 N–H and O–H groups in total. The van der Waals surface area contributed by atoms with Crippen molar-refractivity contribution in [1.82, 2.24) is 4.90 Å². The van der Waals surface area contributed by atoms with Crippen molar-refractivity contribution in [1.29, 1.82) is 0 Å². The van der Waals surface area contributed by atoms with Crippen LogP contribution >= 0.6 is 0 Å². The monoisotopic (exact) mass is 363 g/mol. The lowest BCUT2D eigenvalue weighted by atomic mass is 9.91. The SMILES string of the molecule is COc1cc(CCOC2CCCC[C@H]2N2CCC(O)C2)cc(C)c1OC. The van der Waals surface area contributed by atoms with Gasteiger partial charge < -0.3 is 19.3 Å². The minimum Gasteiger partial charge on any atom is -0.493 e. The Hall–Kier alpha value is -1.30. The van der Waals surface area contributed by atoms with E-state index in [0.717, 1.165) is 49.4 Å². The predicted molar refractivity (Wildman–Crippen MR) is 102 cm³/mol. The average Bonchev–Trinajstić information content (AvgIpc) is 3.08. The summed E-state index contributed by atoms with van der Waals surface area (Å²) in [5.41, 5.74) is 2.30. The molecule has 1 saturated heterocycles. The molecule has 3 atom stereocenters. The Balaban J connectivity index is 1.57. The molecule has 2 fully saturated rings. The first-order valence-electron chi connectivity index (χ1n) is 9.87. The van der Waals surface area contributed by atoms with Gasteiger partial charge in [0.15, 0.2) is 11.5 Å². The summed E-state index contributed by atoms with van der Waals surface area (Å²) in [6.45, 7) is 4.56. The van der Waals surface area contributed by atoms with Crippen molar-refractivity contribution in [3.05, 3.63) is 23.3 Å². The first kappa shape index (κ1) is 19.5. The first-order chi connectivity index (χ1) is 12.6. The standard InChI is InChI=1S/C21H33NO4/c1-15-12-16(13-20(24-2)21(15)25-3)9-11-26-19-7-5-4-6-18(19)22-10-8-17(23)14-22/h12-13,17-19,23H,4-11,14H2,1-3H3/t17?,18-,19?/m1/s1. The van der Waals surface area contributed by atoms with Gasteiger partial charge in [-0.05, 0) is 49.8 Å². The number of hydrogen-bond acceptors (Lipinski definition) is 5. The van der Waals surface area contributed by atoms with E-state index in [2.05, 4.69) is 11.0 Å². The Morgan fingerprint density at radius 1 is 1.12 bits per heavy atom. The highest BCUT2D eigenvalue weighted by atomic mass is 16.5. The maximum absolute atomic E-state index is 9.85. The Morgan fingerprint density at radius 3 is 2.62 bits per heavy atom. The van der Waals surface area contributed by atoms with Crippen LogP contribution in [0.5, 0.6) is 11.5 Å². The molecule has 0 aromatic heterocycles. The van der Waals surface area contributed by atoms with Crippen LogP contribution in [-0.2, 0) is 11.2 Å². The number of rotatable bonds is 7. The molecule has 0 spiro atoms. The molecule has 3 rings (SSSR count). The number of likely N-dealkylation sites (tertiary alicyclic amines) is 1. The molecule has 2 unspecified atom stereocenters. The number of hydrogen-bond donors (Lipinski definition) is 1. The lowest BCUT2D eigenvalue weighted by Crippen LogP contribution is -2.46. The van der Waals surface area contributed by atoms with Crippen molar-refractivity contribution < 1.29 is 19.3 Å². The zero-order valence-corrected chi connectivity index (χ0v) is 16.4. The normalized spacial score (nSPS) is 26.8. The zero-order valence-electron chi connectivity index (χ0n) is 16.4. The van der Waals surface area contributed by atoms with E-state index in [0.29, 0.717) is 12.6 Å². The second-order valence-electron chi connectivity index (χ2n) is 7.60. The van der Waals surface area contributed by atoms with E-state index in [-0.39, 0.29) is 12.2 Å². The maximum atomic E-state index is 9.85. The van der Waals surface area contributed by atoms with Gasteiger partial charge >= 0.3 is 0 Å². The smallest absolute Gasteiger partial charge is 0.163 e. The number of nitrogens with zero attached hydrogens (tertiary/aromatic N) is 1. The van der Waals surface area contributed by atoms with Crippen LogP contribution in [0.15, 0.2) is 12.1 Å². The van der Waals surface area contributed by atoms with Gasteiger partial charge in [-0.2, -0.15) is 0 Å². The first-order valence-corrected chi connectivity index (χ1v) is 9.87. The lowest BCUT2D eigenvalue weighted by Gasteiger charge is -2.37. The van der Waals surface area contributed by atoms with Gasteiger partial charge in [-0.25, -0.2) is 0 Å². The van der Waals surface area contributed by atoms with Gasteiger partial charge in [0.25, 0.3) is 0 Å². The second kappa shape index (κ2) is 9.07. The molecular formula is C21H33NO4. The van der Waals surface area contributed by atoms with E-state index in [1.165, 1.54) is 24.8 Å². The van der Waals surface area contributed by atoms with Crippen LogP contribution in [0.3, 0.4) is 0 Å². The molecule has 1 aliphatic carbocycles. The second-order valence-corrected chi connectivity index (χ2v) is 7.60. The topological polar surface area (TPSA) is 51.2 Å². The summed E-state index contributed by atoms with van der Waals surface area (Å²) in [5, 5.41) is 9.85.